The van der Waals surface area contributed by atoms with Crippen LogP contribution in [0.25, 0.3) is 10.2 Å². The maximum absolute atomic E-state index is 12.5. The lowest BCUT2D eigenvalue weighted by atomic mass is 9.92. The highest BCUT2D eigenvalue weighted by Crippen LogP contribution is 2.23. The maximum atomic E-state index is 12.5. The molecule has 4 nitrogen and oxygen atoms in total. The van der Waals surface area contributed by atoms with Crippen molar-refractivity contribution in [1.29, 1.82) is 0 Å². The number of thiazole rings is 1. The molecule has 23 heavy (non-hydrogen) atoms. The molecule has 0 bridgehead atoms. The Morgan fingerprint density at radius 1 is 1.30 bits per heavy atom. The first-order valence-electron chi connectivity index (χ1n) is 8.32. The van der Waals surface area contributed by atoms with Crippen molar-refractivity contribution in [3.8, 4) is 0 Å². The predicted octanol–water partition coefficient (Wildman–Crippen LogP) is 3.23. The number of carbonyl (C=O) groups excluding carboxylic acids is 1. The number of nitrogens with zero attached hydrogens (tertiary/aromatic N) is 3. The van der Waals surface area contributed by atoms with Crippen LogP contribution in [0.2, 0.25) is 0 Å². The van der Waals surface area contributed by atoms with Crippen molar-refractivity contribution in [2.75, 3.05) is 26.7 Å². The lowest BCUT2D eigenvalue weighted by Gasteiger charge is -2.35. The van der Waals surface area contributed by atoms with Crippen LogP contribution >= 0.6 is 11.3 Å². The Morgan fingerprint density at radius 3 is 2.70 bits per heavy atom. The molecule has 2 atom stereocenters. The topological polar surface area (TPSA) is 36.4 Å². The van der Waals surface area contributed by atoms with E-state index in [4.69, 9.17) is 0 Å². The summed E-state index contributed by atoms with van der Waals surface area (Å²) in [5.74, 6) is 1.46. The first kappa shape index (κ1) is 16.4. The van der Waals surface area contributed by atoms with Crippen LogP contribution in [0.4, 0.5) is 0 Å². The number of likely N-dealkylation sites (tertiary alicyclic amines) is 1. The van der Waals surface area contributed by atoms with Gasteiger partial charge in [0.2, 0.25) is 5.91 Å². The number of aromatic nitrogens is 1. The number of likely N-dealkylation sites (N-methyl/N-ethyl adjacent to an activating group) is 1. The average Bonchev–Trinajstić information content (AvgIpc) is 2.87. The van der Waals surface area contributed by atoms with Crippen molar-refractivity contribution in [2.24, 2.45) is 11.8 Å². The van der Waals surface area contributed by atoms with Crippen molar-refractivity contribution < 1.29 is 4.79 Å². The molecular weight excluding hydrogens is 306 g/mol. The van der Waals surface area contributed by atoms with Gasteiger partial charge in [0.25, 0.3) is 0 Å². The zero-order chi connectivity index (χ0) is 16.4. The van der Waals surface area contributed by atoms with Gasteiger partial charge in [-0.1, -0.05) is 26.0 Å². The van der Waals surface area contributed by atoms with E-state index in [0.717, 1.165) is 30.2 Å². The highest BCUT2D eigenvalue weighted by Gasteiger charge is 2.25. The predicted molar refractivity (Wildman–Crippen MR) is 95.5 cm³/mol. The molecule has 1 aromatic heterocycles. The standard InChI is InChI=1S/C18H25N3OS/c1-13-8-14(2)10-21(9-13)18(22)12-20(3)11-17-19-15-6-4-5-7-16(15)23-17/h4-7,13-14H,8-12H2,1-3H3. The van der Waals surface area contributed by atoms with E-state index >= 15 is 0 Å². The molecule has 1 fully saturated rings. The molecule has 1 aliphatic heterocycles. The van der Waals surface area contributed by atoms with Gasteiger partial charge in [0, 0.05) is 13.1 Å². The molecule has 0 N–H and O–H groups in total. The van der Waals surface area contributed by atoms with Crippen LogP contribution in [0.1, 0.15) is 25.3 Å². The van der Waals surface area contributed by atoms with Gasteiger partial charge in [0.1, 0.15) is 5.01 Å². The summed E-state index contributed by atoms with van der Waals surface area (Å²) in [5.41, 5.74) is 1.05. The lowest BCUT2D eigenvalue weighted by molar-refractivity contribution is -0.134. The van der Waals surface area contributed by atoms with Gasteiger partial charge in [0.05, 0.1) is 23.3 Å². The molecule has 124 valence electrons. The second kappa shape index (κ2) is 6.97. The van der Waals surface area contributed by atoms with Crippen LogP contribution in [0, 0.1) is 11.8 Å². The molecule has 0 radical (unpaired) electrons. The van der Waals surface area contributed by atoms with Crippen molar-refractivity contribution in [2.45, 2.75) is 26.8 Å². The summed E-state index contributed by atoms with van der Waals surface area (Å²) in [5, 5.41) is 1.07. The van der Waals surface area contributed by atoms with E-state index in [2.05, 4.69) is 29.8 Å². The summed E-state index contributed by atoms with van der Waals surface area (Å²) >= 11 is 1.71. The average molecular weight is 331 g/mol. The van der Waals surface area contributed by atoms with Crippen molar-refractivity contribution in [3.05, 3.63) is 29.3 Å². The van der Waals surface area contributed by atoms with Gasteiger partial charge in [0.15, 0.2) is 0 Å². The molecule has 0 aliphatic carbocycles. The van der Waals surface area contributed by atoms with Crippen molar-refractivity contribution in [3.63, 3.8) is 0 Å². The maximum Gasteiger partial charge on any atom is 0.236 e. The number of para-hydroxylation sites is 1. The molecule has 0 spiro atoms. The normalized spacial score (nSPS) is 22.0. The van der Waals surface area contributed by atoms with Crippen LogP contribution in [0.5, 0.6) is 0 Å². The third-order valence-electron chi connectivity index (χ3n) is 4.37. The lowest BCUT2D eigenvalue weighted by Crippen LogP contribution is -2.46. The van der Waals surface area contributed by atoms with Crippen molar-refractivity contribution in [1.82, 2.24) is 14.8 Å². The van der Waals surface area contributed by atoms with E-state index in [1.54, 1.807) is 11.3 Å². The van der Waals surface area contributed by atoms with Gasteiger partial charge in [-0.15, -0.1) is 11.3 Å². The summed E-state index contributed by atoms with van der Waals surface area (Å²) in [6.45, 7) is 7.47. The van der Waals surface area contributed by atoms with Gasteiger partial charge >= 0.3 is 0 Å². The smallest absolute Gasteiger partial charge is 0.236 e. The Balaban J connectivity index is 1.58. The second-order valence-electron chi connectivity index (χ2n) is 6.99. The van der Waals surface area contributed by atoms with Crippen LogP contribution in [0.15, 0.2) is 24.3 Å². The Bertz CT molecular complexity index is 641. The van der Waals surface area contributed by atoms with E-state index in [9.17, 15) is 4.79 Å². The fourth-order valence-electron chi connectivity index (χ4n) is 3.47. The quantitative estimate of drug-likeness (QED) is 0.863. The molecule has 0 saturated carbocycles. The van der Waals surface area contributed by atoms with Crippen LogP contribution in [-0.2, 0) is 11.3 Å². The minimum Gasteiger partial charge on any atom is -0.341 e. The van der Waals surface area contributed by atoms with E-state index in [1.165, 1.54) is 11.1 Å². The van der Waals surface area contributed by atoms with Gasteiger partial charge < -0.3 is 4.90 Å². The Labute approximate surface area is 142 Å². The summed E-state index contributed by atoms with van der Waals surface area (Å²) in [4.78, 5) is 21.3. The summed E-state index contributed by atoms with van der Waals surface area (Å²) < 4.78 is 1.21. The van der Waals surface area contributed by atoms with Crippen LogP contribution in [-0.4, -0.2) is 47.4 Å². The Kier molecular flexibility index (Phi) is 4.97. The molecule has 1 aliphatic rings. The zero-order valence-corrected chi connectivity index (χ0v) is 15.0. The van der Waals surface area contributed by atoms with E-state index in [0.29, 0.717) is 18.4 Å². The molecule has 1 saturated heterocycles. The minimum absolute atomic E-state index is 0.243. The number of hydrogen-bond donors (Lipinski definition) is 0. The fourth-order valence-corrected chi connectivity index (χ4v) is 4.52. The van der Waals surface area contributed by atoms with Gasteiger partial charge in [-0.05, 0) is 37.4 Å². The minimum atomic E-state index is 0.243. The van der Waals surface area contributed by atoms with Crippen molar-refractivity contribution >= 4 is 27.5 Å². The summed E-state index contributed by atoms with van der Waals surface area (Å²) in [6.07, 6.45) is 1.23. The molecule has 5 heteroatoms. The Morgan fingerprint density at radius 2 is 2.00 bits per heavy atom. The monoisotopic (exact) mass is 331 g/mol. The molecule has 3 rings (SSSR count). The molecule has 1 aromatic carbocycles. The van der Waals surface area contributed by atoms with Gasteiger partial charge in [-0.2, -0.15) is 0 Å². The van der Waals surface area contributed by atoms with Crippen LogP contribution < -0.4 is 0 Å². The number of fused-ring (bicyclic) bond motifs is 1. The third kappa shape index (κ3) is 4.09. The van der Waals surface area contributed by atoms with E-state index < -0.39 is 0 Å². The fraction of sp³-hybridized carbons (Fsp3) is 0.556. The van der Waals surface area contributed by atoms with Crippen LogP contribution in [0.3, 0.4) is 0 Å². The van der Waals surface area contributed by atoms with Gasteiger partial charge in [-0.3, -0.25) is 9.69 Å². The molecule has 2 aromatic rings. The molecular formula is C18H25N3OS. The first-order valence-corrected chi connectivity index (χ1v) is 9.13. The molecule has 2 heterocycles. The number of amides is 1. The second-order valence-corrected chi connectivity index (χ2v) is 8.11. The first-order chi connectivity index (χ1) is 11.0. The van der Waals surface area contributed by atoms with Gasteiger partial charge in [-0.25, -0.2) is 4.98 Å². The van der Waals surface area contributed by atoms with E-state index in [-0.39, 0.29) is 5.91 Å². The van der Waals surface area contributed by atoms with E-state index in [1.807, 2.05) is 30.1 Å². The number of hydrogen-bond acceptors (Lipinski definition) is 4. The third-order valence-corrected chi connectivity index (χ3v) is 5.39. The highest BCUT2D eigenvalue weighted by molar-refractivity contribution is 7.18. The molecule has 2 unspecified atom stereocenters. The Hall–Kier alpha value is -1.46. The summed E-state index contributed by atoms with van der Waals surface area (Å²) in [7, 11) is 2.00. The number of rotatable bonds is 4. The summed E-state index contributed by atoms with van der Waals surface area (Å²) in [6, 6.07) is 8.18. The SMILES string of the molecule is CC1CC(C)CN(C(=O)CN(C)Cc2nc3ccccc3s2)C1. The zero-order valence-electron chi connectivity index (χ0n) is 14.2. The highest BCUT2D eigenvalue weighted by atomic mass is 32.1. The molecule has 1 amide bonds. The number of piperidine rings is 1. The largest absolute Gasteiger partial charge is 0.341 e. The number of carbonyl (C=O) groups is 1. The number of benzene rings is 1.